The largest absolute Gasteiger partial charge is 0.478 e. The molecule has 1 aromatic rings. The summed E-state index contributed by atoms with van der Waals surface area (Å²) in [5.41, 5.74) is 0.527. The highest BCUT2D eigenvalue weighted by molar-refractivity contribution is 6.34. The highest BCUT2D eigenvalue weighted by Crippen LogP contribution is 2.26. The van der Waals surface area contributed by atoms with Gasteiger partial charge in [0.25, 0.3) is 0 Å². The summed E-state index contributed by atoms with van der Waals surface area (Å²) in [7, 11) is 0. The lowest BCUT2D eigenvalue weighted by Gasteiger charge is -2.19. The van der Waals surface area contributed by atoms with Gasteiger partial charge in [0.15, 0.2) is 0 Å². The predicted octanol–water partition coefficient (Wildman–Crippen LogP) is 3.55. The van der Waals surface area contributed by atoms with E-state index in [-0.39, 0.29) is 16.6 Å². The molecule has 2 rings (SSSR count). The second-order valence-corrected chi connectivity index (χ2v) is 6.08. The first-order valence-electron chi connectivity index (χ1n) is 6.97. The maximum atomic E-state index is 12.2. The number of halogens is 1. The van der Waals surface area contributed by atoms with E-state index in [0.29, 0.717) is 17.5 Å². The van der Waals surface area contributed by atoms with Crippen molar-refractivity contribution in [3.8, 4) is 0 Å². The van der Waals surface area contributed by atoms with Crippen LogP contribution >= 0.6 is 11.6 Å². The van der Waals surface area contributed by atoms with Crippen LogP contribution in [-0.2, 0) is 0 Å². The van der Waals surface area contributed by atoms with Crippen LogP contribution in [0.4, 0.5) is 10.5 Å². The number of anilines is 1. The van der Waals surface area contributed by atoms with E-state index in [9.17, 15) is 9.59 Å². The molecule has 0 aromatic heterocycles. The molecule has 114 valence electrons. The molecule has 0 saturated carbocycles. The second kappa shape index (κ2) is 6.35. The minimum absolute atomic E-state index is 0.0963. The predicted molar refractivity (Wildman–Crippen MR) is 81.9 cm³/mol. The van der Waals surface area contributed by atoms with Gasteiger partial charge in [0.1, 0.15) is 0 Å². The van der Waals surface area contributed by atoms with Crippen LogP contribution in [0.5, 0.6) is 0 Å². The molecule has 2 N–H and O–H groups in total. The SMILES string of the molecule is CC(C)C1CCN(C(=O)Nc2ccc(C(=O)O)cc2Cl)C1. The van der Waals surface area contributed by atoms with Crippen molar-refractivity contribution >= 4 is 29.3 Å². The van der Waals surface area contributed by atoms with Gasteiger partial charge in [-0.05, 0) is 36.5 Å². The molecule has 1 unspecified atom stereocenters. The van der Waals surface area contributed by atoms with Crippen LogP contribution in [0.15, 0.2) is 18.2 Å². The number of hydrogen-bond acceptors (Lipinski definition) is 2. The van der Waals surface area contributed by atoms with Crippen LogP contribution in [-0.4, -0.2) is 35.1 Å². The molecule has 1 heterocycles. The smallest absolute Gasteiger partial charge is 0.335 e. The molecule has 6 heteroatoms. The number of hydrogen-bond donors (Lipinski definition) is 2. The van der Waals surface area contributed by atoms with E-state index in [1.54, 1.807) is 4.90 Å². The van der Waals surface area contributed by atoms with Crippen molar-refractivity contribution < 1.29 is 14.7 Å². The third kappa shape index (κ3) is 3.67. The van der Waals surface area contributed by atoms with Gasteiger partial charge < -0.3 is 15.3 Å². The molecular weight excluding hydrogens is 292 g/mol. The van der Waals surface area contributed by atoms with E-state index in [0.717, 1.165) is 19.5 Å². The zero-order valence-electron chi connectivity index (χ0n) is 12.1. The van der Waals surface area contributed by atoms with Crippen molar-refractivity contribution in [1.82, 2.24) is 4.90 Å². The van der Waals surface area contributed by atoms with Gasteiger partial charge in [0.05, 0.1) is 16.3 Å². The second-order valence-electron chi connectivity index (χ2n) is 5.67. The minimum Gasteiger partial charge on any atom is -0.478 e. The average Bonchev–Trinajstić information content (AvgIpc) is 2.90. The van der Waals surface area contributed by atoms with E-state index >= 15 is 0 Å². The normalized spacial score (nSPS) is 18.1. The molecule has 0 radical (unpaired) electrons. The molecule has 1 saturated heterocycles. The number of nitrogens with zero attached hydrogens (tertiary/aromatic N) is 1. The number of likely N-dealkylation sites (tertiary alicyclic amines) is 1. The third-order valence-electron chi connectivity index (χ3n) is 3.91. The highest BCUT2D eigenvalue weighted by Gasteiger charge is 2.28. The van der Waals surface area contributed by atoms with Gasteiger partial charge in [-0.2, -0.15) is 0 Å². The van der Waals surface area contributed by atoms with E-state index in [4.69, 9.17) is 16.7 Å². The first kappa shape index (κ1) is 15.6. The Hall–Kier alpha value is -1.75. The van der Waals surface area contributed by atoms with E-state index in [2.05, 4.69) is 19.2 Å². The molecule has 1 atom stereocenters. The topological polar surface area (TPSA) is 69.6 Å². The summed E-state index contributed by atoms with van der Waals surface area (Å²) in [5, 5.41) is 11.8. The molecule has 0 spiro atoms. The maximum absolute atomic E-state index is 12.2. The van der Waals surface area contributed by atoms with Crippen LogP contribution < -0.4 is 5.32 Å². The van der Waals surface area contributed by atoms with Crippen molar-refractivity contribution in [2.24, 2.45) is 11.8 Å². The Morgan fingerprint density at radius 1 is 1.43 bits per heavy atom. The van der Waals surface area contributed by atoms with Crippen LogP contribution in [0.2, 0.25) is 5.02 Å². The summed E-state index contributed by atoms with van der Waals surface area (Å²) >= 11 is 6.01. The molecule has 0 bridgehead atoms. The Kier molecular flexibility index (Phi) is 4.73. The van der Waals surface area contributed by atoms with Crippen molar-refractivity contribution in [3.63, 3.8) is 0 Å². The number of amides is 2. The highest BCUT2D eigenvalue weighted by atomic mass is 35.5. The molecule has 1 aliphatic rings. The number of rotatable bonds is 3. The number of carbonyl (C=O) groups is 2. The van der Waals surface area contributed by atoms with Crippen LogP contribution in [0.3, 0.4) is 0 Å². The first-order chi connectivity index (χ1) is 9.88. The Morgan fingerprint density at radius 3 is 2.67 bits per heavy atom. The molecule has 1 aliphatic heterocycles. The third-order valence-corrected chi connectivity index (χ3v) is 4.23. The van der Waals surface area contributed by atoms with Crippen molar-refractivity contribution in [3.05, 3.63) is 28.8 Å². The average molecular weight is 311 g/mol. The van der Waals surface area contributed by atoms with E-state index in [1.165, 1.54) is 18.2 Å². The molecule has 21 heavy (non-hydrogen) atoms. The van der Waals surface area contributed by atoms with Crippen LogP contribution in [0.25, 0.3) is 0 Å². The maximum Gasteiger partial charge on any atom is 0.335 e. The summed E-state index contributed by atoms with van der Waals surface area (Å²) in [6, 6.07) is 4.08. The Balaban J connectivity index is 2.02. The quantitative estimate of drug-likeness (QED) is 0.897. The fraction of sp³-hybridized carbons (Fsp3) is 0.467. The molecule has 2 amide bonds. The number of carboxylic acid groups (broad SMARTS) is 1. The van der Waals surface area contributed by atoms with Crippen LogP contribution in [0.1, 0.15) is 30.6 Å². The molecule has 1 aromatic carbocycles. The summed E-state index contributed by atoms with van der Waals surface area (Å²) in [5.74, 6) is 0.0379. The van der Waals surface area contributed by atoms with Gasteiger partial charge in [0, 0.05) is 13.1 Å². The van der Waals surface area contributed by atoms with E-state index in [1.807, 2.05) is 0 Å². The monoisotopic (exact) mass is 310 g/mol. The first-order valence-corrected chi connectivity index (χ1v) is 7.35. The van der Waals surface area contributed by atoms with Gasteiger partial charge in [0.2, 0.25) is 0 Å². The minimum atomic E-state index is -1.05. The number of aromatic carboxylic acids is 1. The van der Waals surface area contributed by atoms with Crippen LogP contribution in [0, 0.1) is 11.8 Å². The number of nitrogens with one attached hydrogen (secondary N) is 1. The number of carboxylic acids is 1. The summed E-state index contributed by atoms with van der Waals surface area (Å²) in [6.45, 7) is 5.80. The number of urea groups is 1. The van der Waals surface area contributed by atoms with Gasteiger partial charge in [-0.3, -0.25) is 0 Å². The van der Waals surface area contributed by atoms with Crippen molar-refractivity contribution in [2.45, 2.75) is 20.3 Å². The summed E-state index contributed by atoms with van der Waals surface area (Å²) in [6.07, 6.45) is 1.01. The number of benzene rings is 1. The lowest BCUT2D eigenvalue weighted by Crippen LogP contribution is -2.33. The van der Waals surface area contributed by atoms with Gasteiger partial charge >= 0.3 is 12.0 Å². The summed E-state index contributed by atoms with van der Waals surface area (Å²) in [4.78, 5) is 24.8. The fourth-order valence-electron chi connectivity index (χ4n) is 2.46. The number of carbonyl (C=O) groups excluding carboxylic acids is 1. The lowest BCUT2D eigenvalue weighted by molar-refractivity contribution is 0.0697. The standard InChI is InChI=1S/C15H19ClN2O3/c1-9(2)11-5-6-18(8-11)15(21)17-13-4-3-10(14(19)20)7-12(13)16/h3-4,7,9,11H,5-6,8H2,1-2H3,(H,17,21)(H,19,20). The Bertz CT molecular complexity index is 560. The lowest BCUT2D eigenvalue weighted by atomic mass is 9.95. The Morgan fingerprint density at radius 2 is 2.14 bits per heavy atom. The molecular formula is C15H19ClN2O3. The van der Waals surface area contributed by atoms with Gasteiger partial charge in [-0.25, -0.2) is 9.59 Å². The van der Waals surface area contributed by atoms with Gasteiger partial charge in [-0.1, -0.05) is 25.4 Å². The molecule has 0 aliphatic carbocycles. The summed E-state index contributed by atoms with van der Waals surface area (Å²) < 4.78 is 0. The Labute approximate surface area is 128 Å². The zero-order valence-corrected chi connectivity index (χ0v) is 12.9. The van der Waals surface area contributed by atoms with Gasteiger partial charge in [-0.15, -0.1) is 0 Å². The zero-order chi connectivity index (χ0) is 15.6. The van der Waals surface area contributed by atoms with Crippen molar-refractivity contribution in [2.75, 3.05) is 18.4 Å². The fourth-order valence-corrected chi connectivity index (χ4v) is 2.69. The molecule has 1 fully saturated rings. The van der Waals surface area contributed by atoms with E-state index < -0.39 is 5.97 Å². The van der Waals surface area contributed by atoms with Crippen molar-refractivity contribution in [1.29, 1.82) is 0 Å². The molecule has 5 nitrogen and oxygen atoms in total.